The molecule has 0 bridgehead atoms. The smallest absolute Gasteiger partial charge is 0.141 e. The second kappa shape index (κ2) is 12.7. The fourth-order valence-electron chi connectivity index (χ4n) is 4.35. The van der Waals surface area contributed by atoms with Gasteiger partial charge in [0.05, 0.1) is 16.8 Å². The molecule has 2 N–H and O–H groups in total. The monoisotopic (exact) mass is 578 g/mol. The number of furan rings is 1. The van der Waals surface area contributed by atoms with Crippen molar-refractivity contribution in [2.75, 3.05) is 23.9 Å². The summed E-state index contributed by atoms with van der Waals surface area (Å²) in [6.45, 7) is 2.95. The highest BCUT2D eigenvalue weighted by atomic mass is 35.5. The number of benzene rings is 3. The Morgan fingerprint density at radius 2 is 1.95 bits per heavy atom. The van der Waals surface area contributed by atoms with E-state index < -0.39 is 11.2 Å². The van der Waals surface area contributed by atoms with Crippen molar-refractivity contribution < 1.29 is 18.1 Å². The average molecular weight is 579 g/mol. The molecule has 206 valence electrons. The first-order chi connectivity index (χ1) is 19.4. The van der Waals surface area contributed by atoms with Crippen LogP contribution in [-0.4, -0.2) is 33.1 Å². The largest absolute Gasteiger partial charge is 0.616 e. The van der Waals surface area contributed by atoms with Gasteiger partial charge in [0, 0.05) is 16.6 Å². The van der Waals surface area contributed by atoms with E-state index in [4.69, 9.17) is 20.8 Å². The molecule has 2 aromatic heterocycles. The molecule has 0 aliphatic rings. The van der Waals surface area contributed by atoms with Gasteiger partial charge in [-0.25, -0.2) is 14.4 Å². The van der Waals surface area contributed by atoms with Crippen LogP contribution in [0.4, 0.5) is 15.9 Å². The number of hydrogen-bond donors (Lipinski definition) is 2. The molecule has 0 spiro atoms. The normalized spacial score (nSPS) is 12.8. The second-order valence-electron chi connectivity index (χ2n) is 9.20. The Morgan fingerprint density at radius 3 is 2.73 bits per heavy atom. The zero-order valence-corrected chi connectivity index (χ0v) is 23.6. The molecule has 0 aliphatic heterocycles. The number of fused-ring (bicyclic) bond motifs is 1. The number of rotatable bonds is 11. The number of aromatic nitrogens is 2. The van der Waals surface area contributed by atoms with E-state index in [9.17, 15) is 8.94 Å². The molecule has 2 heterocycles. The van der Waals surface area contributed by atoms with Gasteiger partial charge in [-0.2, -0.15) is 0 Å². The van der Waals surface area contributed by atoms with Crippen LogP contribution in [0.2, 0.25) is 5.02 Å². The van der Waals surface area contributed by atoms with Crippen LogP contribution in [0, 0.1) is 5.82 Å². The zero-order chi connectivity index (χ0) is 28.1. The van der Waals surface area contributed by atoms with Crippen LogP contribution in [0.1, 0.15) is 24.3 Å². The maximum atomic E-state index is 13.4. The molecule has 0 saturated carbocycles. The molecule has 0 aliphatic carbocycles. The van der Waals surface area contributed by atoms with E-state index in [2.05, 4.69) is 20.6 Å². The number of hydrogen-bond acceptors (Lipinski definition) is 7. The Labute approximate surface area is 239 Å². The Balaban J connectivity index is 1.36. The lowest BCUT2D eigenvalue weighted by molar-refractivity contribution is 0.306. The molecule has 1 unspecified atom stereocenters. The lowest BCUT2D eigenvalue weighted by Gasteiger charge is -2.16. The first kappa shape index (κ1) is 27.9. The van der Waals surface area contributed by atoms with Gasteiger partial charge in [0.15, 0.2) is 0 Å². The van der Waals surface area contributed by atoms with Gasteiger partial charge in [-0.3, -0.25) is 0 Å². The van der Waals surface area contributed by atoms with Crippen molar-refractivity contribution in [2.24, 2.45) is 0 Å². The third kappa shape index (κ3) is 6.74. The maximum absolute atomic E-state index is 13.4. The number of anilines is 2. The summed E-state index contributed by atoms with van der Waals surface area (Å²) >= 11 is 5.52. The highest BCUT2D eigenvalue weighted by Gasteiger charge is 2.20. The standard InChI is InChI=1S/C30H28ClFN4O3S/c1-3-33-26(17-40(2)37)29-12-11-27(39-29)20-7-9-25-23(14-20)30(35-18-34-25)36-22-8-10-28(24(31)15-22)38-16-19-5-4-6-21(32)13-19/h4-15,18,26,33H,3,16-17H2,1-2H3,(H,34,35,36)/t26-,40?/m0/s1. The van der Waals surface area contributed by atoms with E-state index in [1.807, 2.05) is 43.3 Å². The van der Waals surface area contributed by atoms with E-state index >= 15 is 0 Å². The Bertz CT molecular complexity index is 1610. The molecule has 0 amide bonds. The molecular formula is C30H28ClFN4O3S. The highest BCUT2D eigenvalue weighted by Crippen LogP contribution is 2.33. The quantitative estimate of drug-likeness (QED) is 0.162. The molecule has 0 saturated heterocycles. The summed E-state index contributed by atoms with van der Waals surface area (Å²) in [7, 11) is 0. The van der Waals surface area contributed by atoms with Crippen LogP contribution in [0.5, 0.6) is 5.75 Å². The van der Waals surface area contributed by atoms with Crippen molar-refractivity contribution in [1.82, 2.24) is 15.3 Å². The summed E-state index contributed by atoms with van der Waals surface area (Å²) < 4.78 is 37.2. The lowest BCUT2D eigenvalue weighted by Crippen LogP contribution is -2.27. The van der Waals surface area contributed by atoms with Gasteiger partial charge in [0.25, 0.3) is 0 Å². The predicted molar refractivity (Wildman–Crippen MR) is 158 cm³/mol. The maximum Gasteiger partial charge on any atom is 0.141 e. The first-order valence-corrected chi connectivity index (χ1v) is 14.8. The van der Waals surface area contributed by atoms with E-state index in [0.717, 1.165) is 34.5 Å². The molecule has 5 rings (SSSR count). The fraction of sp³-hybridized carbons (Fsp3) is 0.200. The van der Waals surface area contributed by atoms with Gasteiger partial charge in [0.2, 0.25) is 0 Å². The van der Waals surface area contributed by atoms with Gasteiger partial charge in [-0.15, -0.1) is 0 Å². The number of nitrogens with zero attached hydrogens (tertiary/aromatic N) is 2. The molecule has 7 nitrogen and oxygen atoms in total. The Kier molecular flexibility index (Phi) is 8.86. The Morgan fingerprint density at radius 1 is 1.07 bits per heavy atom. The minimum Gasteiger partial charge on any atom is -0.616 e. The van der Waals surface area contributed by atoms with Crippen molar-refractivity contribution in [3.05, 3.63) is 101 Å². The van der Waals surface area contributed by atoms with E-state index in [0.29, 0.717) is 33.7 Å². The minimum absolute atomic E-state index is 0.129. The summed E-state index contributed by atoms with van der Waals surface area (Å²) in [5.74, 6) is 2.69. The lowest BCUT2D eigenvalue weighted by atomic mass is 10.1. The van der Waals surface area contributed by atoms with Crippen LogP contribution in [0.15, 0.2) is 83.5 Å². The highest BCUT2D eigenvalue weighted by molar-refractivity contribution is 7.90. The topological polar surface area (TPSA) is 95.3 Å². The number of halogens is 2. The van der Waals surface area contributed by atoms with Crippen molar-refractivity contribution >= 4 is 45.2 Å². The van der Waals surface area contributed by atoms with Gasteiger partial charge in [-0.1, -0.05) is 41.8 Å². The SMILES string of the molecule is CCN[C@@H](C[S+](C)[O-])c1ccc(-c2ccc3ncnc(Nc4ccc(OCc5cccc(F)c5)c(Cl)c4)c3c2)o1. The Hall–Kier alpha value is -3.63. The summed E-state index contributed by atoms with van der Waals surface area (Å²) in [5.41, 5.74) is 3.06. The third-order valence-corrected chi connectivity index (χ3v) is 7.32. The van der Waals surface area contributed by atoms with Gasteiger partial charge >= 0.3 is 0 Å². The van der Waals surface area contributed by atoms with E-state index in [1.165, 1.54) is 18.5 Å². The number of ether oxygens (including phenoxy) is 1. The average Bonchev–Trinajstić information content (AvgIpc) is 3.43. The van der Waals surface area contributed by atoms with Gasteiger partial charge in [-0.05, 0) is 72.8 Å². The van der Waals surface area contributed by atoms with Gasteiger partial charge < -0.3 is 24.3 Å². The first-order valence-electron chi connectivity index (χ1n) is 12.7. The summed E-state index contributed by atoms with van der Waals surface area (Å²) in [5, 5.41) is 7.87. The summed E-state index contributed by atoms with van der Waals surface area (Å²) in [4.78, 5) is 8.86. The fourth-order valence-corrected chi connectivity index (χ4v) is 5.33. The molecule has 0 radical (unpaired) electrons. The molecule has 2 atom stereocenters. The minimum atomic E-state index is -0.967. The van der Waals surface area contributed by atoms with Crippen LogP contribution in [0.25, 0.3) is 22.2 Å². The summed E-state index contributed by atoms with van der Waals surface area (Å²) in [6.07, 6.45) is 3.19. The predicted octanol–water partition coefficient (Wildman–Crippen LogP) is 7.03. The molecule has 40 heavy (non-hydrogen) atoms. The van der Waals surface area contributed by atoms with Crippen molar-refractivity contribution in [2.45, 2.75) is 19.6 Å². The summed E-state index contributed by atoms with van der Waals surface area (Å²) in [6, 6.07) is 21.1. The molecule has 10 heteroatoms. The van der Waals surface area contributed by atoms with Crippen molar-refractivity contribution in [1.29, 1.82) is 0 Å². The second-order valence-corrected chi connectivity index (χ2v) is 11.1. The van der Waals surface area contributed by atoms with E-state index in [-0.39, 0.29) is 18.5 Å². The van der Waals surface area contributed by atoms with Crippen molar-refractivity contribution in [3.63, 3.8) is 0 Å². The molecule has 0 fully saturated rings. The van der Waals surface area contributed by atoms with Crippen LogP contribution in [-0.2, 0) is 17.8 Å². The number of nitrogens with one attached hydrogen (secondary N) is 2. The van der Waals surface area contributed by atoms with Crippen molar-refractivity contribution in [3.8, 4) is 17.1 Å². The molecule has 3 aromatic carbocycles. The zero-order valence-electron chi connectivity index (χ0n) is 22.0. The van der Waals surface area contributed by atoms with Crippen LogP contribution < -0.4 is 15.4 Å². The van der Waals surface area contributed by atoms with Crippen LogP contribution in [0.3, 0.4) is 0 Å². The van der Waals surface area contributed by atoms with Gasteiger partial charge in [0.1, 0.15) is 53.6 Å². The third-order valence-electron chi connectivity index (χ3n) is 6.22. The molecule has 5 aromatic rings. The molecular weight excluding hydrogens is 551 g/mol. The van der Waals surface area contributed by atoms with E-state index in [1.54, 1.807) is 30.5 Å². The van der Waals surface area contributed by atoms with Crippen LogP contribution >= 0.6 is 11.6 Å².